The number of benzene rings is 1. The van der Waals surface area contributed by atoms with Gasteiger partial charge < -0.3 is 14.2 Å². The number of nitrogens with zero attached hydrogens (tertiary/aromatic N) is 1. The minimum absolute atomic E-state index is 0.235. The van der Waals surface area contributed by atoms with Crippen molar-refractivity contribution in [3.05, 3.63) is 29.8 Å². The van der Waals surface area contributed by atoms with Crippen LogP contribution in [-0.4, -0.2) is 26.8 Å². The summed E-state index contributed by atoms with van der Waals surface area (Å²) in [7, 11) is 3.07. The second-order valence-electron chi connectivity index (χ2n) is 7.09. The van der Waals surface area contributed by atoms with Crippen molar-refractivity contribution >= 4 is 11.5 Å². The molecule has 0 aliphatic rings. The predicted molar refractivity (Wildman–Crippen MR) is 116 cm³/mol. The number of rotatable bonds is 15. The Morgan fingerprint density at radius 2 is 1.52 bits per heavy atom. The lowest BCUT2D eigenvalue weighted by Crippen LogP contribution is -2.03. The van der Waals surface area contributed by atoms with Crippen molar-refractivity contribution in [2.45, 2.75) is 71.1 Å². The van der Waals surface area contributed by atoms with Crippen molar-refractivity contribution in [2.75, 3.05) is 20.8 Å². The van der Waals surface area contributed by atoms with E-state index in [1.54, 1.807) is 25.3 Å². The van der Waals surface area contributed by atoms with Gasteiger partial charge in [0.1, 0.15) is 6.07 Å². The second-order valence-corrected chi connectivity index (χ2v) is 7.09. The van der Waals surface area contributed by atoms with Gasteiger partial charge in [-0.1, -0.05) is 64.7 Å². The first-order valence-electron chi connectivity index (χ1n) is 10.7. The normalized spacial score (nSPS) is 11.0. The van der Waals surface area contributed by atoms with Gasteiger partial charge >= 0.3 is 5.97 Å². The number of carbonyl (C=O) groups excluding carboxylic acids is 1. The first-order chi connectivity index (χ1) is 14.2. The quantitative estimate of drug-likeness (QED) is 0.154. The van der Waals surface area contributed by atoms with Crippen LogP contribution in [0, 0.1) is 11.3 Å². The van der Waals surface area contributed by atoms with Crippen molar-refractivity contribution < 1.29 is 19.0 Å². The van der Waals surface area contributed by atoms with E-state index in [9.17, 15) is 10.1 Å². The summed E-state index contributed by atoms with van der Waals surface area (Å²) in [5, 5.41) is 9.38. The fraction of sp³-hybridized carbons (Fsp3) is 0.583. The van der Waals surface area contributed by atoms with E-state index in [-0.39, 0.29) is 5.57 Å². The molecule has 0 aromatic heterocycles. The van der Waals surface area contributed by atoms with Crippen molar-refractivity contribution in [3.63, 3.8) is 0 Å². The number of ether oxygens (including phenoxy) is 3. The van der Waals surface area contributed by atoms with E-state index < -0.39 is 5.97 Å². The smallest absolute Gasteiger partial charge is 0.332 e. The number of carbonyl (C=O) groups is 1. The van der Waals surface area contributed by atoms with E-state index in [1.165, 1.54) is 64.6 Å². The number of unbranched alkanes of at least 4 members (excludes halogenated alkanes) is 9. The molecule has 0 aliphatic carbocycles. The van der Waals surface area contributed by atoms with Gasteiger partial charge in [0, 0.05) is 6.08 Å². The van der Waals surface area contributed by atoms with Gasteiger partial charge in [-0.3, -0.25) is 0 Å². The average molecular weight is 402 g/mol. The molecule has 0 atom stereocenters. The highest BCUT2D eigenvalue weighted by Crippen LogP contribution is 2.30. The highest BCUT2D eigenvalue weighted by atomic mass is 16.5. The van der Waals surface area contributed by atoms with Gasteiger partial charge in [0.2, 0.25) is 0 Å². The molecule has 1 rings (SSSR count). The Bertz CT molecular complexity index is 676. The number of esters is 1. The van der Waals surface area contributed by atoms with Crippen LogP contribution in [0.1, 0.15) is 76.7 Å². The molecular weight excluding hydrogens is 366 g/mol. The van der Waals surface area contributed by atoms with Crippen molar-refractivity contribution in [2.24, 2.45) is 0 Å². The third-order valence-corrected chi connectivity index (χ3v) is 4.82. The molecule has 0 fully saturated rings. The van der Waals surface area contributed by atoms with Crippen LogP contribution in [0.15, 0.2) is 24.3 Å². The Morgan fingerprint density at radius 1 is 0.931 bits per heavy atom. The Balaban J connectivity index is 2.31. The molecule has 0 saturated heterocycles. The van der Waals surface area contributed by atoms with E-state index in [4.69, 9.17) is 14.2 Å². The molecule has 160 valence electrons. The van der Waals surface area contributed by atoms with Gasteiger partial charge in [-0.15, -0.1) is 0 Å². The molecule has 0 radical (unpaired) electrons. The Kier molecular flexibility index (Phi) is 13.1. The Morgan fingerprint density at radius 3 is 2.07 bits per heavy atom. The SMILES string of the molecule is CCCCCCCCCCCCOC(=O)C=C(C#N)c1ccc(OC)c(OC)c1. The zero-order valence-electron chi connectivity index (χ0n) is 18.2. The Hall–Kier alpha value is -2.48. The maximum atomic E-state index is 12.0. The summed E-state index contributed by atoms with van der Waals surface area (Å²) < 4.78 is 15.7. The van der Waals surface area contributed by atoms with Gasteiger partial charge in [0.15, 0.2) is 11.5 Å². The largest absolute Gasteiger partial charge is 0.493 e. The van der Waals surface area contributed by atoms with Crippen LogP contribution in [0.5, 0.6) is 11.5 Å². The molecule has 5 heteroatoms. The summed E-state index contributed by atoms with van der Waals surface area (Å²) in [5.74, 6) is 0.578. The molecule has 0 bridgehead atoms. The van der Waals surface area contributed by atoms with Crippen LogP contribution < -0.4 is 9.47 Å². The van der Waals surface area contributed by atoms with Crippen LogP contribution in [0.2, 0.25) is 0 Å². The summed E-state index contributed by atoms with van der Waals surface area (Å²) in [5.41, 5.74) is 0.820. The topological polar surface area (TPSA) is 68.6 Å². The molecule has 0 N–H and O–H groups in total. The lowest BCUT2D eigenvalue weighted by Gasteiger charge is -2.09. The molecule has 0 amide bonds. The fourth-order valence-corrected chi connectivity index (χ4v) is 3.11. The third-order valence-electron chi connectivity index (χ3n) is 4.82. The molecule has 0 unspecified atom stereocenters. The van der Waals surface area contributed by atoms with Crippen molar-refractivity contribution in [3.8, 4) is 17.6 Å². The van der Waals surface area contributed by atoms with E-state index in [1.807, 2.05) is 6.07 Å². The lowest BCUT2D eigenvalue weighted by atomic mass is 10.1. The van der Waals surface area contributed by atoms with Crippen LogP contribution in [-0.2, 0) is 9.53 Å². The molecular formula is C24H35NO4. The van der Waals surface area contributed by atoms with E-state index in [2.05, 4.69) is 6.92 Å². The molecule has 0 spiro atoms. The minimum atomic E-state index is -0.493. The van der Waals surface area contributed by atoms with Gasteiger partial charge in [0.05, 0.1) is 26.4 Å². The van der Waals surface area contributed by atoms with Crippen LogP contribution in [0.25, 0.3) is 5.57 Å². The summed E-state index contributed by atoms with van der Waals surface area (Å²) in [6, 6.07) is 7.13. The third kappa shape index (κ3) is 10.0. The monoisotopic (exact) mass is 401 g/mol. The van der Waals surface area contributed by atoms with Gasteiger partial charge in [-0.2, -0.15) is 5.26 Å². The van der Waals surface area contributed by atoms with E-state index in [0.717, 1.165) is 12.8 Å². The maximum absolute atomic E-state index is 12.0. The number of nitriles is 1. The van der Waals surface area contributed by atoms with Crippen LogP contribution in [0.4, 0.5) is 0 Å². The standard InChI is InChI=1S/C24H35NO4/c1-4-5-6-7-8-9-10-11-12-13-16-29-24(26)18-21(19-25)20-14-15-22(27-2)23(17-20)28-3/h14-15,17-18H,4-13,16H2,1-3H3. The average Bonchev–Trinajstić information content (AvgIpc) is 2.75. The van der Waals surface area contributed by atoms with Gasteiger partial charge in [0.25, 0.3) is 0 Å². The lowest BCUT2D eigenvalue weighted by molar-refractivity contribution is -0.137. The zero-order valence-corrected chi connectivity index (χ0v) is 18.2. The van der Waals surface area contributed by atoms with Crippen molar-refractivity contribution in [1.82, 2.24) is 0 Å². The van der Waals surface area contributed by atoms with Crippen LogP contribution >= 0.6 is 0 Å². The van der Waals surface area contributed by atoms with Gasteiger partial charge in [-0.05, 0) is 30.2 Å². The highest BCUT2D eigenvalue weighted by Gasteiger charge is 2.10. The molecule has 29 heavy (non-hydrogen) atoms. The predicted octanol–water partition coefficient (Wildman–Crippen LogP) is 6.07. The summed E-state index contributed by atoms with van der Waals surface area (Å²) >= 11 is 0. The maximum Gasteiger partial charge on any atom is 0.332 e. The minimum Gasteiger partial charge on any atom is -0.493 e. The number of hydrogen-bond acceptors (Lipinski definition) is 5. The molecule has 0 aliphatic heterocycles. The Labute approximate surface area is 175 Å². The highest BCUT2D eigenvalue weighted by molar-refractivity contribution is 5.95. The first kappa shape index (κ1) is 24.6. The van der Waals surface area contributed by atoms with Crippen LogP contribution in [0.3, 0.4) is 0 Å². The molecule has 1 aromatic carbocycles. The second kappa shape index (κ2) is 15.4. The number of methoxy groups -OCH3 is 2. The van der Waals surface area contributed by atoms with E-state index in [0.29, 0.717) is 23.7 Å². The van der Waals surface area contributed by atoms with Gasteiger partial charge in [-0.25, -0.2) is 4.79 Å². The molecule has 1 aromatic rings. The van der Waals surface area contributed by atoms with Crippen molar-refractivity contribution in [1.29, 1.82) is 5.26 Å². The zero-order chi connectivity index (χ0) is 21.3. The number of allylic oxidation sites excluding steroid dienone is 1. The summed E-state index contributed by atoms with van der Waals surface area (Å²) in [6.07, 6.45) is 13.5. The summed E-state index contributed by atoms with van der Waals surface area (Å²) in [4.78, 5) is 12.0. The first-order valence-corrected chi connectivity index (χ1v) is 10.7. The fourth-order valence-electron chi connectivity index (χ4n) is 3.11. The molecule has 5 nitrogen and oxygen atoms in total. The molecule has 0 saturated carbocycles. The summed E-state index contributed by atoms with van der Waals surface area (Å²) in [6.45, 7) is 2.62. The number of hydrogen-bond donors (Lipinski definition) is 0. The molecule has 0 heterocycles. The van der Waals surface area contributed by atoms with E-state index >= 15 is 0 Å².